The van der Waals surface area contributed by atoms with E-state index in [1.54, 1.807) is 41.1 Å². The van der Waals surface area contributed by atoms with Crippen LogP contribution in [-0.4, -0.2) is 44.2 Å². The highest BCUT2D eigenvalue weighted by atomic mass is 32.2. The minimum absolute atomic E-state index is 0.624. The van der Waals surface area contributed by atoms with Crippen LogP contribution in [0.4, 0.5) is 5.69 Å². The summed E-state index contributed by atoms with van der Waals surface area (Å²) in [7, 11) is 3.59. The summed E-state index contributed by atoms with van der Waals surface area (Å²) < 4.78 is 7.98. The van der Waals surface area contributed by atoms with Crippen molar-refractivity contribution in [1.82, 2.24) is 24.7 Å². The Morgan fingerprint density at radius 2 is 2.00 bits per heavy atom. The molecule has 5 aromatic rings. The van der Waals surface area contributed by atoms with Crippen molar-refractivity contribution in [2.45, 2.75) is 4.21 Å². The number of hydrogen-bond acceptors (Lipinski definition) is 8. The molecule has 0 atom stereocenters. The maximum atomic E-state index is 6.57. The molecule has 5 rings (SSSR count). The van der Waals surface area contributed by atoms with Crippen LogP contribution in [-0.2, 0) is 11.8 Å². The summed E-state index contributed by atoms with van der Waals surface area (Å²) >= 11 is 3.28. The number of pyridine rings is 1. The first kappa shape index (κ1) is 19.9. The fraction of sp³-hybridized carbons (Fsp3) is 0.182. The molecule has 156 valence electrons. The molecule has 2 N–H and O–H groups in total. The summed E-state index contributed by atoms with van der Waals surface area (Å²) in [6.45, 7) is 0.664. The minimum Gasteiger partial charge on any atom is -0.397 e. The van der Waals surface area contributed by atoms with Crippen LogP contribution in [0.5, 0.6) is 0 Å². The summed E-state index contributed by atoms with van der Waals surface area (Å²) in [5.41, 5.74) is 10.7. The Kier molecular flexibility index (Phi) is 5.31. The fourth-order valence-corrected chi connectivity index (χ4v) is 5.66. The van der Waals surface area contributed by atoms with Gasteiger partial charge in [0.15, 0.2) is 11.5 Å². The monoisotopic (exact) mass is 448 g/mol. The molecule has 31 heavy (non-hydrogen) atoms. The molecule has 9 heteroatoms. The lowest BCUT2D eigenvalue weighted by Crippen LogP contribution is -1.96. The molecule has 4 heterocycles. The maximum Gasteiger partial charge on any atom is 0.181 e. The molecule has 0 unspecified atom stereocenters. The average Bonchev–Trinajstić information content (AvgIpc) is 3.32. The predicted octanol–water partition coefficient (Wildman–Crippen LogP) is 4.63. The van der Waals surface area contributed by atoms with Gasteiger partial charge < -0.3 is 10.5 Å². The molecule has 1 aromatic carbocycles. The summed E-state index contributed by atoms with van der Waals surface area (Å²) in [6, 6.07) is 12.1. The van der Waals surface area contributed by atoms with Crippen LogP contribution in [0.3, 0.4) is 0 Å². The third-order valence-corrected chi connectivity index (χ3v) is 7.20. The summed E-state index contributed by atoms with van der Waals surface area (Å²) in [6.07, 6.45) is 3.71. The van der Waals surface area contributed by atoms with Gasteiger partial charge in [0.2, 0.25) is 0 Å². The lowest BCUT2D eigenvalue weighted by molar-refractivity contribution is 0.218. The van der Waals surface area contributed by atoms with Crippen molar-refractivity contribution in [1.29, 1.82) is 0 Å². The zero-order chi connectivity index (χ0) is 21.4. The molecule has 0 fully saturated rings. The van der Waals surface area contributed by atoms with Crippen molar-refractivity contribution in [2.75, 3.05) is 25.2 Å². The normalized spacial score (nSPS) is 11.5. The SMILES string of the molecule is COCCSc1sc2nc(-c3cnc4nn(C)cc4c3)nc(-c3ccccc3)c2c1N. The van der Waals surface area contributed by atoms with Crippen LogP contribution >= 0.6 is 23.1 Å². The molecule has 7 nitrogen and oxygen atoms in total. The van der Waals surface area contributed by atoms with Crippen molar-refractivity contribution in [3.63, 3.8) is 0 Å². The van der Waals surface area contributed by atoms with E-state index in [0.717, 1.165) is 48.1 Å². The second-order valence-electron chi connectivity index (χ2n) is 7.03. The van der Waals surface area contributed by atoms with Crippen molar-refractivity contribution in [2.24, 2.45) is 7.05 Å². The molecular formula is C22H20N6OS2. The number of nitrogens with zero attached hydrogens (tertiary/aromatic N) is 5. The van der Waals surface area contributed by atoms with E-state index in [0.29, 0.717) is 18.1 Å². The van der Waals surface area contributed by atoms with Gasteiger partial charge in [0.1, 0.15) is 4.83 Å². The zero-order valence-electron chi connectivity index (χ0n) is 17.1. The van der Waals surface area contributed by atoms with E-state index in [4.69, 9.17) is 20.4 Å². The number of methoxy groups -OCH3 is 1. The fourth-order valence-electron chi connectivity index (χ4n) is 3.42. The number of fused-ring (bicyclic) bond motifs is 2. The van der Waals surface area contributed by atoms with E-state index >= 15 is 0 Å². The quantitative estimate of drug-likeness (QED) is 0.299. The highest BCUT2D eigenvalue weighted by Crippen LogP contribution is 2.43. The highest BCUT2D eigenvalue weighted by molar-refractivity contribution is 8.01. The third-order valence-electron chi connectivity index (χ3n) is 4.85. The predicted molar refractivity (Wildman–Crippen MR) is 127 cm³/mol. The topological polar surface area (TPSA) is 91.7 Å². The molecule has 0 saturated carbocycles. The Bertz CT molecular complexity index is 1380. The molecule has 0 aliphatic carbocycles. The molecular weight excluding hydrogens is 428 g/mol. The Hall–Kier alpha value is -3.01. The van der Waals surface area contributed by atoms with Crippen molar-refractivity contribution < 1.29 is 4.74 Å². The van der Waals surface area contributed by atoms with Gasteiger partial charge in [0.05, 0.1) is 27.6 Å². The van der Waals surface area contributed by atoms with Gasteiger partial charge in [-0.2, -0.15) is 5.10 Å². The first-order valence-electron chi connectivity index (χ1n) is 9.71. The smallest absolute Gasteiger partial charge is 0.181 e. The van der Waals surface area contributed by atoms with Crippen LogP contribution in [0, 0.1) is 0 Å². The van der Waals surface area contributed by atoms with E-state index in [1.165, 1.54) is 0 Å². The van der Waals surface area contributed by atoms with Gasteiger partial charge in [-0.05, 0) is 6.07 Å². The number of aromatic nitrogens is 5. The third kappa shape index (κ3) is 3.76. The molecule has 0 aliphatic heterocycles. The molecule has 4 aromatic heterocycles. The summed E-state index contributed by atoms with van der Waals surface area (Å²) in [4.78, 5) is 15.2. The Labute approximate surface area is 187 Å². The Morgan fingerprint density at radius 3 is 2.81 bits per heavy atom. The van der Waals surface area contributed by atoms with E-state index in [1.807, 2.05) is 49.6 Å². The Balaban J connectivity index is 1.70. The number of thiophene rings is 1. The Morgan fingerprint density at radius 1 is 1.16 bits per heavy atom. The van der Waals surface area contributed by atoms with E-state index in [-0.39, 0.29) is 0 Å². The highest BCUT2D eigenvalue weighted by Gasteiger charge is 2.19. The van der Waals surface area contributed by atoms with Gasteiger partial charge in [-0.15, -0.1) is 23.1 Å². The number of thioether (sulfide) groups is 1. The number of hydrogen-bond donors (Lipinski definition) is 1. The van der Waals surface area contributed by atoms with Crippen LogP contribution in [0.25, 0.3) is 43.9 Å². The van der Waals surface area contributed by atoms with Crippen LogP contribution < -0.4 is 5.73 Å². The van der Waals surface area contributed by atoms with Gasteiger partial charge >= 0.3 is 0 Å². The van der Waals surface area contributed by atoms with E-state index in [9.17, 15) is 0 Å². The number of benzene rings is 1. The molecule has 0 radical (unpaired) electrons. The van der Waals surface area contributed by atoms with Crippen LogP contribution in [0.1, 0.15) is 0 Å². The standard InChI is InChI=1S/C22H20N6OS2/c1-28-12-15-10-14(11-24-19(15)27-28)20-25-18(13-6-4-3-5-7-13)16-17(23)22(30-9-8-29-2)31-21(16)26-20/h3-7,10-12H,8-9,23H2,1-2H3. The van der Waals surface area contributed by atoms with Crippen molar-refractivity contribution in [3.8, 4) is 22.6 Å². The number of aryl methyl sites for hydroxylation is 1. The van der Waals surface area contributed by atoms with Gasteiger partial charge in [-0.25, -0.2) is 15.0 Å². The largest absolute Gasteiger partial charge is 0.397 e. The first-order chi connectivity index (χ1) is 15.1. The van der Waals surface area contributed by atoms with Gasteiger partial charge in [-0.3, -0.25) is 4.68 Å². The molecule has 0 aliphatic rings. The molecule has 0 saturated heterocycles. The van der Waals surface area contributed by atoms with E-state index < -0.39 is 0 Å². The zero-order valence-corrected chi connectivity index (χ0v) is 18.7. The molecule has 0 amide bonds. The minimum atomic E-state index is 0.624. The number of ether oxygens (including phenoxy) is 1. The van der Waals surface area contributed by atoms with Gasteiger partial charge in [0, 0.05) is 48.8 Å². The number of nitrogens with two attached hydrogens (primary N) is 1. The van der Waals surface area contributed by atoms with Crippen molar-refractivity contribution in [3.05, 3.63) is 48.8 Å². The van der Waals surface area contributed by atoms with E-state index in [2.05, 4.69) is 10.1 Å². The molecule has 0 spiro atoms. The van der Waals surface area contributed by atoms with Gasteiger partial charge in [0.25, 0.3) is 0 Å². The molecule has 0 bridgehead atoms. The first-order valence-corrected chi connectivity index (χ1v) is 11.5. The lowest BCUT2D eigenvalue weighted by Gasteiger charge is -2.07. The van der Waals surface area contributed by atoms with Crippen LogP contribution in [0.15, 0.2) is 53.0 Å². The number of anilines is 1. The summed E-state index contributed by atoms with van der Waals surface area (Å²) in [5, 5.41) is 6.20. The lowest BCUT2D eigenvalue weighted by atomic mass is 10.1. The van der Waals surface area contributed by atoms with Crippen molar-refractivity contribution >= 4 is 50.0 Å². The summed E-state index contributed by atoms with van der Waals surface area (Å²) in [5.74, 6) is 1.45. The van der Waals surface area contributed by atoms with Crippen LogP contribution in [0.2, 0.25) is 0 Å². The number of nitrogen functional groups attached to an aromatic ring is 1. The number of rotatable bonds is 6. The second-order valence-corrected chi connectivity index (χ2v) is 9.39. The maximum absolute atomic E-state index is 6.57. The van der Waals surface area contributed by atoms with Gasteiger partial charge in [-0.1, -0.05) is 30.3 Å². The second kappa shape index (κ2) is 8.26. The average molecular weight is 449 g/mol.